The predicted molar refractivity (Wildman–Crippen MR) is 54.4 cm³/mol. The first-order valence-corrected chi connectivity index (χ1v) is 4.80. The molecule has 78 valence electrons. The summed E-state index contributed by atoms with van der Waals surface area (Å²) in [7, 11) is 0. The molecular weight excluding hydrogens is 178 g/mol. The van der Waals surface area contributed by atoms with Crippen LogP contribution < -0.4 is 0 Å². The molecule has 0 aromatic rings. The second kappa shape index (κ2) is 5.43. The minimum absolute atomic E-state index is 0.302. The van der Waals surface area contributed by atoms with Gasteiger partial charge in [-0.2, -0.15) is 5.26 Å². The lowest BCUT2D eigenvalue weighted by atomic mass is 9.82. The molecule has 3 nitrogen and oxygen atoms in total. The predicted octanol–water partition coefficient (Wildman–Crippen LogP) is 2.44. The molecule has 0 heterocycles. The molecule has 0 aromatic carbocycles. The van der Waals surface area contributed by atoms with Crippen molar-refractivity contribution in [3.8, 4) is 6.07 Å². The smallest absolute Gasteiger partial charge is 0.330 e. The molecule has 0 saturated carbocycles. The number of esters is 1. The summed E-state index contributed by atoms with van der Waals surface area (Å²) in [5.74, 6) is -0.461. The van der Waals surface area contributed by atoms with E-state index in [9.17, 15) is 4.79 Å². The van der Waals surface area contributed by atoms with E-state index in [0.717, 1.165) is 5.57 Å². The van der Waals surface area contributed by atoms with Crippen LogP contribution in [0.1, 0.15) is 34.1 Å². The van der Waals surface area contributed by atoms with Gasteiger partial charge in [0.25, 0.3) is 0 Å². The number of carbonyl (C=O) groups excluding carboxylic acids is 1. The topological polar surface area (TPSA) is 50.1 Å². The van der Waals surface area contributed by atoms with Crippen LogP contribution in [0.3, 0.4) is 0 Å². The largest absolute Gasteiger partial charge is 0.465 e. The van der Waals surface area contributed by atoms with Crippen LogP contribution in [0.5, 0.6) is 0 Å². The van der Waals surface area contributed by atoms with Gasteiger partial charge in [-0.15, -0.1) is 0 Å². The van der Waals surface area contributed by atoms with Crippen LogP contribution in [0, 0.1) is 16.7 Å². The molecule has 0 amide bonds. The van der Waals surface area contributed by atoms with Crippen LogP contribution in [0.2, 0.25) is 0 Å². The van der Waals surface area contributed by atoms with Crippen molar-refractivity contribution in [1.82, 2.24) is 0 Å². The monoisotopic (exact) mass is 195 g/mol. The molecule has 0 fully saturated rings. The summed E-state index contributed by atoms with van der Waals surface area (Å²) in [6, 6.07) is 2.02. The fraction of sp³-hybridized carbons (Fsp3) is 0.636. The van der Waals surface area contributed by atoms with Gasteiger partial charge >= 0.3 is 5.97 Å². The van der Waals surface area contributed by atoms with Crippen molar-refractivity contribution in [3.05, 3.63) is 11.6 Å². The molecule has 3 heteroatoms. The molecule has 0 aromatic heterocycles. The van der Waals surface area contributed by atoms with Gasteiger partial charge in [-0.3, -0.25) is 0 Å². The van der Waals surface area contributed by atoms with Crippen molar-refractivity contribution in [1.29, 1.82) is 5.26 Å². The van der Waals surface area contributed by atoms with E-state index in [2.05, 4.69) is 0 Å². The zero-order valence-electron chi connectivity index (χ0n) is 9.26. The standard InChI is InChI=1S/C11H17NO2/c1-5-9(6-2)11(4,8-12)10(13)14-7-3/h5H,6-7H2,1-4H3. The third-order valence-electron chi connectivity index (χ3n) is 2.28. The van der Waals surface area contributed by atoms with Gasteiger partial charge in [0.15, 0.2) is 5.41 Å². The lowest BCUT2D eigenvalue weighted by Gasteiger charge is -2.21. The Morgan fingerprint density at radius 3 is 2.43 bits per heavy atom. The molecule has 0 radical (unpaired) electrons. The third kappa shape index (κ3) is 2.35. The first kappa shape index (κ1) is 12.7. The van der Waals surface area contributed by atoms with E-state index < -0.39 is 11.4 Å². The van der Waals surface area contributed by atoms with E-state index >= 15 is 0 Å². The summed E-state index contributed by atoms with van der Waals surface area (Å²) in [6.07, 6.45) is 2.49. The van der Waals surface area contributed by atoms with Crippen molar-refractivity contribution in [2.24, 2.45) is 5.41 Å². The zero-order valence-corrected chi connectivity index (χ0v) is 9.26. The van der Waals surface area contributed by atoms with E-state index in [0.29, 0.717) is 13.0 Å². The molecule has 0 rings (SSSR count). The van der Waals surface area contributed by atoms with Crippen LogP contribution in [0.4, 0.5) is 0 Å². The Morgan fingerprint density at radius 1 is 1.57 bits per heavy atom. The highest BCUT2D eigenvalue weighted by atomic mass is 16.5. The molecular formula is C11H17NO2. The van der Waals surface area contributed by atoms with Gasteiger partial charge in [0.1, 0.15) is 0 Å². The Morgan fingerprint density at radius 2 is 2.14 bits per heavy atom. The van der Waals surface area contributed by atoms with Crippen molar-refractivity contribution >= 4 is 5.97 Å². The lowest BCUT2D eigenvalue weighted by molar-refractivity contribution is -0.149. The van der Waals surface area contributed by atoms with Gasteiger partial charge in [0, 0.05) is 0 Å². The van der Waals surface area contributed by atoms with E-state index in [1.807, 2.05) is 19.9 Å². The maximum absolute atomic E-state index is 11.6. The Labute approximate surface area is 85.4 Å². The summed E-state index contributed by atoms with van der Waals surface area (Å²) in [5, 5.41) is 9.02. The average Bonchev–Trinajstić information content (AvgIpc) is 2.19. The molecule has 0 saturated heterocycles. The molecule has 0 aliphatic rings. The van der Waals surface area contributed by atoms with E-state index in [4.69, 9.17) is 10.00 Å². The summed E-state index contributed by atoms with van der Waals surface area (Å²) < 4.78 is 4.88. The van der Waals surface area contributed by atoms with Crippen molar-refractivity contribution in [2.45, 2.75) is 34.1 Å². The zero-order chi connectivity index (χ0) is 11.2. The van der Waals surface area contributed by atoms with Crippen molar-refractivity contribution < 1.29 is 9.53 Å². The minimum atomic E-state index is -1.13. The highest BCUT2D eigenvalue weighted by Crippen LogP contribution is 2.29. The van der Waals surface area contributed by atoms with Crippen LogP contribution in [-0.2, 0) is 9.53 Å². The van der Waals surface area contributed by atoms with Gasteiger partial charge < -0.3 is 4.74 Å². The normalized spacial score (nSPS) is 15.5. The molecule has 0 bridgehead atoms. The van der Waals surface area contributed by atoms with Crippen LogP contribution in [-0.4, -0.2) is 12.6 Å². The van der Waals surface area contributed by atoms with Crippen molar-refractivity contribution in [3.63, 3.8) is 0 Å². The second-order valence-electron chi connectivity index (χ2n) is 3.12. The van der Waals surface area contributed by atoms with E-state index in [1.54, 1.807) is 19.9 Å². The molecule has 0 N–H and O–H groups in total. The lowest BCUT2D eigenvalue weighted by Crippen LogP contribution is -2.30. The maximum atomic E-state index is 11.6. The molecule has 0 aliphatic heterocycles. The average molecular weight is 195 g/mol. The Balaban J connectivity index is 4.99. The number of hydrogen-bond acceptors (Lipinski definition) is 3. The van der Waals surface area contributed by atoms with Gasteiger partial charge in [-0.05, 0) is 32.8 Å². The van der Waals surface area contributed by atoms with Gasteiger partial charge in [-0.1, -0.05) is 13.0 Å². The fourth-order valence-corrected chi connectivity index (χ4v) is 1.37. The van der Waals surface area contributed by atoms with Crippen LogP contribution >= 0.6 is 0 Å². The number of hydrogen-bond donors (Lipinski definition) is 0. The van der Waals surface area contributed by atoms with E-state index in [-0.39, 0.29) is 0 Å². The first-order valence-electron chi connectivity index (χ1n) is 4.80. The van der Waals surface area contributed by atoms with Crippen LogP contribution in [0.15, 0.2) is 11.6 Å². The third-order valence-corrected chi connectivity index (χ3v) is 2.28. The van der Waals surface area contributed by atoms with Gasteiger partial charge in [0.05, 0.1) is 12.7 Å². The second-order valence-corrected chi connectivity index (χ2v) is 3.12. The molecule has 1 unspecified atom stereocenters. The summed E-state index contributed by atoms with van der Waals surface area (Å²) in [6.45, 7) is 7.38. The SMILES string of the molecule is CC=C(CC)C(C)(C#N)C(=O)OCC. The van der Waals surface area contributed by atoms with Gasteiger partial charge in [0.2, 0.25) is 0 Å². The van der Waals surface area contributed by atoms with Crippen LogP contribution in [0.25, 0.3) is 0 Å². The quantitative estimate of drug-likeness (QED) is 0.511. The number of nitrogens with zero attached hydrogens (tertiary/aromatic N) is 1. The Bertz CT molecular complexity index is 276. The molecule has 0 spiro atoms. The summed E-state index contributed by atoms with van der Waals surface area (Å²) in [5.41, 5.74) is -0.321. The van der Waals surface area contributed by atoms with Crippen molar-refractivity contribution in [2.75, 3.05) is 6.61 Å². The Hall–Kier alpha value is -1.30. The highest BCUT2D eigenvalue weighted by Gasteiger charge is 2.37. The number of ether oxygens (including phenoxy) is 1. The van der Waals surface area contributed by atoms with E-state index in [1.165, 1.54) is 0 Å². The number of rotatable bonds is 4. The van der Waals surface area contributed by atoms with Gasteiger partial charge in [-0.25, -0.2) is 4.79 Å². The fourth-order valence-electron chi connectivity index (χ4n) is 1.37. The summed E-state index contributed by atoms with van der Waals surface area (Å²) in [4.78, 5) is 11.6. The highest BCUT2D eigenvalue weighted by molar-refractivity contribution is 5.83. The minimum Gasteiger partial charge on any atom is -0.465 e. The number of allylic oxidation sites excluding steroid dienone is 1. The molecule has 14 heavy (non-hydrogen) atoms. The molecule has 1 atom stereocenters. The Kier molecular flexibility index (Phi) is 4.93. The number of nitriles is 1. The molecule has 0 aliphatic carbocycles. The maximum Gasteiger partial charge on any atom is 0.330 e. The number of carbonyl (C=O) groups is 1. The first-order chi connectivity index (χ1) is 6.56. The summed E-state index contributed by atoms with van der Waals surface area (Å²) >= 11 is 0.